The maximum absolute atomic E-state index is 12.9. The summed E-state index contributed by atoms with van der Waals surface area (Å²) in [6, 6.07) is 8.32. The number of aryl methyl sites for hydroxylation is 1. The molecule has 0 bridgehead atoms. The lowest BCUT2D eigenvalue weighted by Crippen LogP contribution is -2.33. The Morgan fingerprint density at radius 1 is 0.692 bits per heavy atom. The van der Waals surface area contributed by atoms with Crippen molar-refractivity contribution in [3.63, 3.8) is 0 Å². The van der Waals surface area contributed by atoms with Crippen molar-refractivity contribution in [2.75, 3.05) is 13.1 Å². The predicted octanol–water partition coefficient (Wildman–Crippen LogP) is 7.02. The highest BCUT2D eigenvalue weighted by molar-refractivity contribution is 5.94. The van der Waals surface area contributed by atoms with Crippen LogP contribution in [0.3, 0.4) is 0 Å². The van der Waals surface area contributed by atoms with Gasteiger partial charge in [0.2, 0.25) is 0 Å². The van der Waals surface area contributed by atoms with Crippen molar-refractivity contribution in [1.29, 1.82) is 0 Å². The minimum Gasteiger partial charge on any atom is -0.339 e. The molecule has 0 N–H and O–H groups in total. The normalized spacial score (nSPS) is 10.9. The molecule has 0 radical (unpaired) electrons. The lowest BCUT2D eigenvalue weighted by molar-refractivity contribution is 0.0750. The second-order valence-electron chi connectivity index (χ2n) is 7.57. The van der Waals surface area contributed by atoms with Gasteiger partial charge in [-0.05, 0) is 43.4 Å². The zero-order chi connectivity index (χ0) is 19.0. The first kappa shape index (κ1) is 22.7. The fourth-order valence-electron chi connectivity index (χ4n) is 3.30. The van der Waals surface area contributed by atoms with Crippen LogP contribution >= 0.6 is 0 Å². The number of hydrogen-bond donors (Lipinski definition) is 0. The summed E-state index contributed by atoms with van der Waals surface area (Å²) in [6.45, 7) is 8.47. The van der Waals surface area contributed by atoms with Crippen LogP contribution < -0.4 is 0 Å². The Balaban J connectivity index is 2.48. The number of carbonyl (C=O) groups is 1. The summed E-state index contributed by atoms with van der Waals surface area (Å²) in [7, 11) is 0. The van der Waals surface area contributed by atoms with Crippen LogP contribution in [0.4, 0.5) is 0 Å². The summed E-state index contributed by atoms with van der Waals surface area (Å²) in [6.07, 6.45) is 14.8. The van der Waals surface area contributed by atoms with Gasteiger partial charge >= 0.3 is 0 Å². The molecule has 1 rings (SSSR count). The van der Waals surface area contributed by atoms with Crippen LogP contribution in [0.5, 0.6) is 0 Å². The third-order valence-electron chi connectivity index (χ3n) is 5.12. The summed E-state index contributed by atoms with van der Waals surface area (Å²) in [4.78, 5) is 15.0. The van der Waals surface area contributed by atoms with E-state index in [1.807, 2.05) is 12.1 Å². The van der Waals surface area contributed by atoms with E-state index in [2.05, 4.69) is 37.8 Å². The van der Waals surface area contributed by atoms with Gasteiger partial charge in [-0.3, -0.25) is 4.79 Å². The van der Waals surface area contributed by atoms with E-state index in [0.717, 1.165) is 44.3 Å². The molecule has 0 spiro atoms. The first-order valence-electron chi connectivity index (χ1n) is 11.1. The highest BCUT2D eigenvalue weighted by Crippen LogP contribution is 2.13. The standard InChI is InChI=1S/C24H41NO/c1-4-7-10-11-12-13-14-21-25(20-9-6-3)24(26)23-18-16-22(17-19-23)15-8-5-2/h16-19H,4-15,20-21H2,1-3H3. The van der Waals surface area contributed by atoms with E-state index < -0.39 is 0 Å². The van der Waals surface area contributed by atoms with Gasteiger partial charge < -0.3 is 4.90 Å². The number of carbonyl (C=O) groups excluding carboxylic acids is 1. The Morgan fingerprint density at radius 3 is 1.85 bits per heavy atom. The van der Waals surface area contributed by atoms with Crippen molar-refractivity contribution in [3.05, 3.63) is 35.4 Å². The van der Waals surface area contributed by atoms with E-state index in [1.165, 1.54) is 56.9 Å². The van der Waals surface area contributed by atoms with E-state index in [-0.39, 0.29) is 5.91 Å². The van der Waals surface area contributed by atoms with Gasteiger partial charge in [-0.1, -0.05) is 84.3 Å². The molecule has 148 valence electrons. The van der Waals surface area contributed by atoms with Gasteiger partial charge in [-0.25, -0.2) is 0 Å². The lowest BCUT2D eigenvalue weighted by atomic mass is 10.1. The third-order valence-corrected chi connectivity index (χ3v) is 5.12. The Bertz CT molecular complexity index is 466. The first-order chi connectivity index (χ1) is 12.7. The zero-order valence-corrected chi connectivity index (χ0v) is 17.6. The average Bonchev–Trinajstić information content (AvgIpc) is 2.68. The van der Waals surface area contributed by atoms with Crippen LogP contribution in [-0.4, -0.2) is 23.9 Å². The van der Waals surface area contributed by atoms with Crippen molar-refractivity contribution in [3.8, 4) is 0 Å². The quantitative estimate of drug-likeness (QED) is 0.308. The molecule has 0 aliphatic carbocycles. The Morgan fingerprint density at radius 2 is 1.23 bits per heavy atom. The molecule has 0 aliphatic heterocycles. The summed E-state index contributed by atoms with van der Waals surface area (Å²) >= 11 is 0. The van der Waals surface area contributed by atoms with Crippen LogP contribution in [0.25, 0.3) is 0 Å². The van der Waals surface area contributed by atoms with Crippen molar-refractivity contribution < 1.29 is 4.79 Å². The topological polar surface area (TPSA) is 20.3 Å². The van der Waals surface area contributed by atoms with Crippen molar-refractivity contribution in [2.45, 2.75) is 97.8 Å². The summed E-state index contributed by atoms with van der Waals surface area (Å²) in [5, 5.41) is 0. The molecule has 0 fully saturated rings. The maximum atomic E-state index is 12.9. The second kappa shape index (κ2) is 14.8. The van der Waals surface area contributed by atoms with Crippen molar-refractivity contribution in [1.82, 2.24) is 4.90 Å². The largest absolute Gasteiger partial charge is 0.339 e. The number of amides is 1. The molecule has 1 aromatic rings. The minimum atomic E-state index is 0.214. The van der Waals surface area contributed by atoms with E-state index >= 15 is 0 Å². The van der Waals surface area contributed by atoms with Gasteiger partial charge in [-0.15, -0.1) is 0 Å². The van der Waals surface area contributed by atoms with Crippen LogP contribution in [-0.2, 0) is 6.42 Å². The van der Waals surface area contributed by atoms with Crippen LogP contribution in [0.15, 0.2) is 24.3 Å². The fourth-order valence-corrected chi connectivity index (χ4v) is 3.30. The Kier molecular flexibility index (Phi) is 13.0. The molecule has 0 saturated carbocycles. The van der Waals surface area contributed by atoms with Gasteiger partial charge in [-0.2, -0.15) is 0 Å². The summed E-state index contributed by atoms with van der Waals surface area (Å²) < 4.78 is 0. The molecule has 0 heterocycles. The molecule has 0 unspecified atom stereocenters. The summed E-state index contributed by atoms with van der Waals surface area (Å²) in [5.41, 5.74) is 2.19. The molecule has 2 nitrogen and oxygen atoms in total. The van der Waals surface area contributed by atoms with Gasteiger partial charge in [0, 0.05) is 18.7 Å². The molecule has 0 saturated heterocycles. The van der Waals surface area contributed by atoms with Gasteiger partial charge in [0.25, 0.3) is 5.91 Å². The average molecular weight is 360 g/mol. The Labute approximate surface area is 162 Å². The molecule has 1 aromatic carbocycles. The first-order valence-corrected chi connectivity index (χ1v) is 11.1. The van der Waals surface area contributed by atoms with E-state index in [1.54, 1.807) is 0 Å². The minimum absolute atomic E-state index is 0.214. The van der Waals surface area contributed by atoms with E-state index in [4.69, 9.17) is 0 Å². The van der Waals surface area contributed by atoms with Crippen LogP contribution in [0, 0.1) is 0 Å². The van der Waals surface area contributed by atoms with Crippen LogP contribution in [0.1, 0.15) is 107 Å². The van der Waals surface area contributed by atoms with Gasteiger partial charge in [0.1, 0.15) is 0 Å². The SMILES string of the molecule is CCCCCCCCCN(CCCC)C(=O)c1ccc(CCCC)cc1. The molecule has 26 heavy (non-hydrogen) atoms. The summed E-state index contributed by atoms with van der Waals surface area (Å²) in [5.74, 6) is 0.214. The monoisotopic (exact) mass is 359 g/mol. The number of hydrogen-bond acceptors (Lipinski definition) is 1. The number of unbranched alkanes of at least 4 members (excludes halogenated alkanes) is 8. The molecule has 0 aliphatic rings. The molecule has 1 amide bonds. The van der Waals surface area contributed by atoms with Crippen LogP contribution in [0.2, 0.25) is 0 Å². The molecule has 0 atom stereocenters. The molecule has 0 aromatic heterocycles. The van der Waals surface area contributed by atoms with Gasteiger partial charge in [0.15, 0.2) is 0 Å². The third kappa shape index (κ3) is 9.40. The highest BCUT2D eigenvalue weighted by atomic mass is 16.2. The molecular weight excluding hydrogens is 318 g/mol. The zero-order valence-electron chi connectivity index (χ0n) is 17.6. The fraction of sp³-hybridized carbons (Fsp3) is 0.708. The highest BCUT2D eigenvalue weighted by Gasteiger charge is 2.14. The van der Waals surface area contributed by atoms with E-state index in [9.17, 15) is 4.79 Å². The second-order valence-corrected chi connectivity index (χ2v) is 7.57. The van der Waals surface area contributed by atoms with E-state index in [0.29, 0.717) is 0 Å². The number of nitrogens with zero attached hydrogens (tertiary/aromatic N) is 1. The molecule has 2 heteroatoms. The molecular formula is C24H41NO. The number of benzene rings is 1. The van der Waals surface area contributed by atoms with Gasteiger partial charge in [0.05, 0.1) is 0 Å². The van der Waals surface area contributed by atoms with Crippen molar-refractivity contribution >= 4 is 5.91 Å². The van der Waals surface area contributed by atoms with Crippen molar-refractivity contribution in [2.24, 2.45) is 0 Å². The number of rotatable bonds is 15. The predicted molar refractivity (Wildman–Crippen MR) is 114 cm³/mol. The Hall–Kier alpha value is -1.31. The smallest absolute Gasteiger partial charge is 0.253 e. The lowest BCUT2D eigenvalue weighted by Gasteiger charge is -2.23. The maximum Gasteiger partial charge on any atom is 0.253 e.